The number of halogens is 1. The number of aromatic nitrogens is 1. The first-order valence-corrected chi connectivity index (χ1v) is 14.9. The van der Waals surface area contributed by atoms with Crippen molar-refractivity contribution in [2.24, 2.45) is 0 Å². The van der Waals surface area contributed by atoms with Gasteiger partial charge >= 0.3 is 125 Å². The molecule has 0 unspecified atom stereocenters. The van der Waals surface area contributed by atoms with Crippen LogP contribution < -0.4 is 4.40 Å². The number of hydrogen-bond acceptors (Lipinski definition) is 2. The van der Waals surface area contributed by atoms with Crippen LogP contribution in [0.4, 0.5) is 0 Å². The van der Waals surface area contributed by atoms with Crippen molar-refractivity contribution in [3.05, 3.63) is 35.1 Å². The number of rotatable bonds is 1. The molecular weight excluding hydrogens is 334 g/mol. The van der Waals surface area contributed by atoms with Gasteiger partial charge in [0.1, 0.15) is 0 Å². The Morgan fingerprint density at radius 1 is 1.05 bits per heavy atom. The predicted molar refractivity (Wildman–Crippen MR) is 89.9 cm³/mol. The van der Waals surface area contributed by atoms with Gasteiger partial charge in [0, 0.05) is 0 Å². The van der Waals surface area contributed by atoms with E-state index in [9.17, 15) is 0 Å². The minimum absolute atomic E-state index is 0.628. The fourth-order valence-electron chi connectivity index (χ4n) is 2.77. The molecule has 1 nitrogen and oxygen atoms in total. The molecule has 3 aromatic rings. The fourth-order valence-corrected chi connectivity index (χ4v) is 10.5. The second-order valence-corrected chi connectivity index (χ2v) is 17.8. The van der Waals surface area contributed by atoms with E-state index in [0.717, 1.165) is 4.70 Å². The van der Waals surface area contributed by atoms with Gasteiger partial charge in [-0.05, 0) is 0 Å². The molecule has 0 aliphatic heterocycles. The number of aryl methyl sites for hydroxylation is 1. The molecule has 0 saturated carbocycles. The van der Waals surface area contributed by atoms with Gasteiger partial charge < -0.3 is 0 Å². The molecule has 0 N–H and O–H groups in total. The number of fused-ring (bicyclic) bond motifs is 3. The molecule has 4 heteroatoms. The number of thiophene rings is 1. The Balaban J connectivity index is 2.54. The monoisotopic (exact) mass is 351 g/mol. The van der Waals surface area contributed by atoms with Crippen LogP contribution in [0.15, 0.2) is 24.4 Å². The Bertz CT molecular complexity index is 786. The van der Waals surface area contributed by atoms with E-state index in [1.165, 1.54) is 21.0 Å². The Hall–Kier alpha value is -0.577. The van der Waals surface area contributed by atoms with Gasteiger partial charge in [-0.15, -0.1) is 0 Å². The first-order valence-electron chi connectivity index (χ1n) is 6.36. The molecule has 3 rings (SSSR count). The number of nitrogens with zero attached hydrogens (tertiary/aromatic N) is 1. The van der Waals surface area contributed by atoms with Crippen LogP contribution in [0.1, 0.15) is 5.56 Å². The molecule has 19 heavy (non-hydrogen) atoms. The third kappa shape index (κ3) is 2.10. The average molecular weight is 350 g/mol. The van der Waals surface area contributed by atoms with Crippen LogP contribution in [0.25, 0.3) is 20.2 Å². The van der Waals surface area contributed by atoms with E-state index in [1.807, 2.05) is 11.3 Å². The van der Waals surface area contributed by atoms with Crippen LogP contribution in [0.2, 0.25) is 22.4 Å². The number of benzene rings is 1. The van der Waals surface area contributed by atoms with Crippen LogP contribution in [0.5, 0.6) is 0 Å². The standard InChI is InChI=1S/C15H16ClGeNS/c1-9-5-6-10-11-7-8-18-15(16)14(11)19-13(10)12(9)17(2,3)4/h5-8H,1-4H3. The van der Waals surface area contributed by atoms with E-state index in [2.05, 4.69) is 47.4 Å². The van der Waals surface area contributed by atoms with Gasteiger partial charge in [-0.1, -0.05) is 0 Å². The van der Waals surface area contributed by atoms with Crippen LogP contribution in [-0.4, -0.2) is 18.3 Å². The molecule has 0 fully saturated rings. The van der Waals surface area contributed by atoms with Crippen molar-refractivity contribution in [1.29, 1.82) is 0 Å². The Kier molecular flexibility index (Phi) is 3.15. The van der Waals surface area contributed by atoms with Crippen molar-refractivity contribution in [3.63, 3.8) is 0 Å². The van der Waals surface area contributed by atoms with Gasteiger partial charge in [0.05, 0.1) is 0 Å². The number of pyridine rings is 1. The summed E-state index contributed by atoms with van der Waals surface area (Å²) >= 11 is 6.16. The molecule has 0 aliphatic rings. The molecule has 0 bridgehead atoms. The zero-order valence-electron chi connectivity index (χ0n) is 11.5. The van der Waals surface area contributed by atoms with Gasteiger partial charge in [-0.3, -0.25) is 0 Å². The van der Waals surface area contributed by atoms with Crippen molar-refractivity contribution in [1.82, 2.24) is 4.98 Å². The summed E-state index contributed by atoms with van der Waals surface area (Å²) in [7, 11) is 0. The molecule has 0 aliphatic carbocycles. The third-order valence-electron chi connectivity index (χ3n) is 3.47. The maximum absolute atomic E-state index is 6.25. The average Bonchev–Trinajstić information content (AvgIpc) is 2.67. The summed E-state index contributed by atoms with van der Waals surface area (Å²) in [4.78, 5) is 4.21. The van der Waals surface area contributed by atoms with Gasteiger partial charge in [0.15, 0.2) is 0 Å². The van der Waals surface area contributed by atoms with Crippen LogP contribution in [0, 0.1) is 6.92 Å². The Morgan fingerprint density at radius 2 is 1.74 bits per heavy atom. The van der Waals surface area contributed by atoms with Gasteiger partial charge in [-0.25, -0.2) is 0 Å². The summed E-state index contributed by atoms with van der Waals surface area (Å²) in [5.74, 6) is 7.35. The summed E-state index contributed by atoms with van der Waals surface area (Å²) in [6.45, 7) is 2.23. The van der Waals surface area contributed by atoms with E-state index in [0.29, 0.717) is 5.15 Å². The number of hydrogen-bond donors (Lipinski definition) is 0. The normalized spacial score (nSPS) is 12.5. The maximum atomic E-state index is 6.25. The molecule has 2 heterocycles. The molecule has 1 aromatic carbocycles. The Labute approximate surface area is 125 Å². The van der Waals surface area contributed by atoms with E-state index in [-0.39, 0.29) is 0 Å². The van der Waals surface area contributed by atoms with Gasteiger partial charge in [-0.2, -0.15) is 0 Å². The third-order valence-corrected chi connectivity index (χ3v) is 9.99. The van der Waals surface area contributed by atoms with Gasteiger partial charge in [0.25, 0.3) is 0 Å². The zero-order chi connectivity index (χ0) is 13.8. The molecule has 0 atom stereocenters. The van der Waals surface area contributed by atoms with Crippen molar-refractivity contribution >= 4 is 60.8 Å². The van der Waals surface area contributed by atoms with E-state index >= 15 is 0 Å². The topological polar surface area (TPSA) is 12.9 Å². The Morgan fingerprint density at radius 3 is 2.42 bits per heavy atom. The summed E-state index contributed by atoms with van der Waals surface area (Å²) in [6.07, 6.45) is 1.80. The predicted octanol–water partition coefficient (Wildman–Crippen LogP) is 4.96. The molecule has 2 aromatic heterocycles. The van der Waals surface area contributed by atoms with Crippen LogP contribution >= 0.6 is 22.9 Å². The summed E-state index contributed by atoms with van der Waals surface area (Å²) < 4.78 is 4.16. The van der Waals surface area contributed by atoms with E-state index < -0.39 is 13.3 Å². The quantitative estimate of drug-likeness (QED) is 0.447. The minimum atomic E-state index is -1.90. The first-order chi connectivity index (χ1) is 8.89. The molecule has 0 saturated heterocycles. The van der Waals surface area contributed by atoms with Crippen molar-refractivity contribution < 1.29 is 0 Å². The van der Waals surface area contributed by atoms with Crippen molar-refractivity contribution in [3.8, 4) is 0 Å². The van der Waals surface area contributed by atoms with Crippen molar-refractivity contribution in [2.75, 3.05) is 0 Å². The molecule has 0 radical (unpaired) electrons. The summed E-state index contributed by atoms with van der Waals surface area (Å²) in [5.41, 5.74) is 1.43. The fraction of sp³-hybridized carbons (Fsp3) is 0.267. The van der Waals surface area contributed by atoms with Crippen molar-refractivity contribution in [2.45, 2.75) is 24.2 Å². The zero-order valence-corrected chi connectivity index (χ0v) is 15.2. The summed E-state index contributed by atoms with van der Waals surface area (Å²) in [5, 5.41) is 3.21. The molecule has 0 amide bonds. The SMILES string of the molecule is Cc1ccc2c(sc3c(Cl)nccc32)[c]1[Ge]([CH3])([CH3])[CH3]. The second kappa shape index (κ2) is 4.47. The van der Waals surface area contributed by atoms with E-state index in [1.54, 1.807) is 10.6 Å². The second-order valence-electron chi connectivity index (χ2n) is 5.96. The van der Waals surface area contributed by atoms with Crippen LogP contribution in [0.3, 0.4) is 0 Å². The van der Waals surface area contributed by atoms with Gasteiger partial charge in [0.2, 0.25) is 0 Å². The van der Waals surface area contributed by atoms with E-state index in [4.69, 9.17) is 11.6 Å². The van der Waals surface area contributed by atoms with Crippen LogP contribution in [-0.2, 0) is 0 Å². The summed E-state index contributed by atoms with van der Waals surface area (Å²) in [6, 6.07) is 6.57. The molecule has 98 valence electrons. The molecular formula is C15H16ClGeNS. The first kappa shape index (κ1) is 13.4. The molecule has 0 spiro atoms.